The van der Waals surface area contributed by atoms with E-state index >= 15 is 0 Å². The topological polar surface area (TPSA) is 9.23 Å². The molecule has 0 radical (unpaired) electrons. The Kier molecular flexibility index (Phi) is 3.58. The van der Waals surface area contributed by atoms with Crippen LogP contribution in [0.15, 0.2) is 42.0 Å². The molecule has 1 unspecified atom stereocenters. The Bertz CT molecular complexity index is 398. The van der Waals surface area contributed by atoms with Crippen molar-refractivity contribution in [2.75, 3.05) is 13.2 Å². The first-order chi connectivity index (χ1) is 7.79. The lowest BCUT2D eigenvalue weighted by atomic mass is 9.99. The van der Waals surface area contributed by atoms with Crippen molar-refractivity contribution in [1.82, 2.24) is 0 Å². The van der Waals surface area contributed by atoms with Gasteiger partial charge in [-0.2, -0.15) is 0 Å². The summed E-state index contributed by atoms with van der Waals surface area (Å²) in [6.07, 6.45) is 6.56. The Morgan fingerprint density at radius 1 is 1.25 bits per heavy atom. The normalized spacial score (nSPS) is 23.4. The van der Waals surface area contributed by atoms with Crippen LogP contribution in [0.5, 0.6) is 0 Å². The van der Waals surface area contributed by atoms with Crippen molar-refractivity contribution in [2.24, 2.45) is 5.92 Å². The van der Waals surface area contributed by atoms with Crippen LogP contribution >= 0.6 is 0 Å². The van der Waals surface area contributed by atoms with Crippen LogP contribution in [0.1, 0.15) is 18.1 Å². The van der Waals surface area contributed by atoms with Gasteiger partial charge < -0.3 is 4.74 Å². The van der Waals surface area contributed by atoms with Crippen molar-refractivity contribution in [1.29, 1.82) is 0 Å². The Morgan fingerprint density at radius 3 is 2.69 bits per heavy atom. The van der Waals surface area contributed by atoms with E-state index in [1.165, 1.54) is 16.7 Å². The first-order valence-corrected chi connectivity index (χ1v) is 5.77. The summed E-state index contributed by atoms with van der Waals surface area (Å²) in [6, 6.07) is 8.61. The second-order valence-electron chi connectivity index (χ2n) is 4.28. The number of allylic oxidation sites excluding steroid dienone is 1. The van der Waals surface area contributed by atoms with E-state index in [9.17, 15) is 0 Å². The van der Waals surface area contributed by atoms with Gasteiger partial charge in [-0.15, -0.1) is 0 Å². The van der Waals surface area contributed by atoms with Crippen LogP contribution in [0.25, 0.3) is 6.08 Å². The lowest BCUT2D eigenvalue weighted by Gasteiger charge is -2.04. The minimum Gasteiger partial charge on any atom is -0.376 e. The summed E-state index contributed by atoms with van der Waals surface area (Å²) in [6.45, 7) is 5.75. The number of hydrogen-bond acceptors (Lipinski definition) is 1. The second kappa shape index (κ2) is 5.13. The third kappa shape index (κ3) is 2.61. The summed E-state index contributed by atoms with van der Waals surface area (Å²) < 4.78 is 5.50. The molecule has 84 valence electrons. The number of benzene rings is 1. The predicted molar refractivity (Wildman–Crippen MR) is 68.3 cm³/mol. The molecule has 1 aromatic rings. The number of aryl methyl sites for hydroxylation is 1. The molecule has 1 atom stereocenters. The molecule has 0 spiro atoms. The molecule has 16 heavy (non-hydrogen) atoms. The molecule has 1 saturated heterocycles. The molecule has 1 heteroatoms. The first kappa shape index (κ1) is 11.2. The van der Waals surface area contributed by atoms with E-state index in [1.54, 1.807) is 0 Å². The van der Waals surface area contributed by atoms with E-state index in [0.717, 1.165) is 13.2 Å². The molecule has 0 aromatic heterocycles. The maximum atomic E-state index is 5.50. The minimum atomic E-state index is 0.464. The zero-order valence-corrected chi connectivity index (χ0v) is 9.94. The van der Waals surface area contributed by atoms with Gasteiger partial charge >= 0.3 is 0 Å². The first-order valence-electron chi connectivity index (χ1n) is 5.77. The molecule has 1 fully saturated rings. The van der Waals surface area contributed by atoms with Crippen LogP contribution in [0.3, 0.4) is 0 Å². The Morgan fingerprint density at radius 2 is 2.00 bits per heavy atom. The van der Waals surface area contributed by atoms with E-state index in [0.29, 0.717) is 5.92 Å². The van der Waals surface area contributed by atoms with Crippen molar-refractivity contribution >= 4 is 6.08 Å². The highest BCUT2D eigenvalue weighted by molar-refractivity contribution is 5.55. The van der Waals surface area contributed by atoms with Gasteiger partial charge in [0.15, 0.2) is 0 Å². The van der Waals surface area contributed by atoms with Crippen molar-refractivity contribution < 1.29 is 4.74 Å². The van der Waals surface area contributed by atoms with Crippen molar-refractivity contribution in [3.8, 4) is 0 Å². The Balaban J connectivity index is 2.19. The van der Waals surface area contributed by atoms with Crippen LogP contribution in [0.2, 0.25) is 0 Å². The predicted octanol–water partition coefficient (Wildman–Crippen LogP) is 3.60. The van der Waals surface area contributed by atoms with Gasteiger partial charge in [0.2, 0.25) is 0 Å². The fourth-order valence-electron chi connectivity index (χ4n) is 1.95. The quantitative estimate of drug-likeness (QED) is 0.683. The average molecular weight is 214 g/mol. The summed E-state index contributed by atoms with van der Waals surface area (Å²) in [4.78, 5) is 0. The maximum absolute atomic E-state index is 5.50. The van der Waals surface area contributed by atoms with Gasteiger partial charge in [-0.3, -0.25) is 0 Å². The monoisotopic (exact) mass is 214 g/mol. The van der Waals surface area contributed by atoms with E-state index in [1.807, 2.05) is 0 Å². The molecule has 1 nitrogen and oxygen atoms in total. The van der Waals surface area contributed by atoms with Crippen molar-refractivity contribution in [3.05, 3.63) is 53.1 Å². The Labute approximate surface area is 97.4 Å². The third-order valence-electron chi connectivity index (χ3n) is 2.90. The molecule has 2 rings (SSSR count). The highest BCUT2D eigenvalue weighted by atomic mass is 16.5. The van der Waals surface area contributed by atoms with E-state index in [2.05, 4.69) is 56.3 Å². The summed E-state index contributed by atoms with van der Waals surface area (Å²) in [5, 5.41) is 0. The highest BCUT2D eigenvalue weighted by Gasteiger charge is 2.18. The molecular formula is C15H18O. The van der Waals surface area contributed by atoms with Gasteiger partial charge in [0, 0.05) is 5.92 Å². The van der Waals surface area contributed by atoms with Crippen LogP contribution in [0, 0.1) is 12.8 Å². The SMILES string of the molecule is C/C=C/C1COC/C1=C\c1ccc(C)cc1. The molecule has 1 aliphatic heterocycles. The smallest absolute Gasteiger partial charge is 0.0687 e. The van der Waals surface area contributed by atoms with Crippen LogP contribution in [-0.4, -0.2) is 13.2 Å². The Hall–Kier alpha value is -1.34. The largest absolute Gasteiger partial charge is 0.376 e. The average Bonchev–Trinajstić information content (AvgIpc) is 2.70. The molecule has 0 N–H and O–H groups in total. The molecule has 1 heterocycles. The molecule has 1 aromatic carbocycles. The number of rotatable bonds is 2. The van der Waals surface area contributed by atoms with Gasteiger partial charge in [-0.1, -0.05) is 48.1 Å². The summed E-state index contributed by atoms with van der Waals surface area (Å²) >= 11 is 0. The van der Waals surface area contributed by atoms with Gasteiger partial charge in [-0.05, 0) is 25.0 Å². The van der Waals surface area contributed by atoms with Crippen molar-refractivity contribution in [3.63, 3.8) is 0 Å². The third-order valence-corrected chi connectivity index (χ3v) is 2.90. The van der Waals surface area contributed by atoms with Crippen LogP contribution in [-0.2, 0) is 4.74 Å². The fraction of sp³-hybridized carbons (Fsp3) is 0.333. The zero-order chi connectivity index (χ0) is 11.4. The van der Waals surface area contributed by atoms with E-state index in [4.69, 9.17) is 4.74 Å². The lowest BCUT2D eigenvalue weighted by molar-refractivity contribution is 0.195. The highest BCUT2D eigenvalue weighted by Crippen LogP contribution is 2.23. The molecule has 0 saturated carbocycles. The fourth-order valence-corrected chi connectivity index (χ4v) is 1.95. The molecule has 0 bridgehead atoms. The zero-order valence-electron chi connectivity index (χ0n) is 9.94. The molecular weight excluding hydrogens is 196 g/mol. The molecule has 0 amide bonds. The summed E-state index contributed by atoms with van der Waals surface area (Å²) in [5.74, 6) is 0.464. The summed E-state index contributed by atoms with van der Waals surface area (Å²) in [5.41, 5.74) is 3.94. The van der Waals surface area contributed by atoms with Gasteiger partial charge in [0.25, 0.3) is 0 Å². The van der Waals surface area contributed by atoms with E-state index in [-0.39, 0.29) is 0 Å². The molecule has 1 aliphatic rings. The van der Waals surface area contributed by atoms with E-state index < -0.39 is 0 Å². The van der Waals surface area contributed by atoms with Gasteiger partial charge in [0.05, 0.1) is 13.2 Å². The van der Waals surface area contributed by atoms with Crippen molar-refractivity contribution in [2.45, 2.75) is 13.8 Å². The maximum Gasteiger partial charge on any atom is 0.0687 e. The second-order valence-corrected chi connectivity index (χ2v) is 4.28. The summed E-state index contributed by atoms with van der Waals surface area (Å²) in [7, 11) is 0. The van der Waals surface area contributed by atoms with Gasteiger partial charge in [-0.25, -0.2) is 0 Å². The number of ether oxygens (including phenoxy) is 1. The van der Waals surface area contributed by atoms with Crippen LogP contribution in [0.4, 0.5) is 0 Å². The van der Waals surface area contributed by atoms with Crippen LogP contribution < -0.4 is 0 Å². The lowest BCUT2D eigenvalue weighted by Crippen LogP contribution is -1.96. The number of hydrogen-bond donors (Lipinski definition) is 0. The standard InChI is InChI=1S/C15H18O/c1-3-4-14-10-16-11-15(14)9-13-7-5-12(2)6-8-13/h3-9,14H,10-11H2,1-2H3/b4-3+,15-9+. The molecule has 0 aliphatic carbocycles. The van der Waals surface area contributed by atoms with Gasteiger partial charge in [0.1, 0.15) is 0 Å². The minimum absolute atomic E-state index is 0.464.